The van der Waals surface area contributed by atoms with Gasteiger partial charge in [-0.3, -0.25) is 9.59 Å². The van der Waals surface area contributed by atoms with Gasteiger partial charge in [-0.15, -0.1) is 0 Å². The predicted octanol–water partition coefficient (Wildman–Crippen LogP) is 2.37. The Bertz CT molecular complexity index is 998. The smallest absolute Gasteiger partial charge is 0.274 e. The molecule has 1 amide bonds. The largest absolute Gasteiger partial charge is 0.325 e. The molecule has 124 valence electrons. The van der Waals surface area contributed by atoms with E-state index >= 15 is 0 Å². The quantitative estimate of drug-likeness (QED) is 0.804. The van der Waals surface area contributed by atoms with Crippen molar-refractivity contribution in [1.82, 2.24) is 14.2 Å². The lowest BCUT2D eigenvalue weighted by molar-refractivity contribution is -0.116. The monoisotopic (exact) mass is 324 g/mol. The summed E-state index contributed by atoms with van der Waals surface area (Å²) >= 11 is 0. The molecule has 2 heterocycles. The highest BCUT2D eigenvalue weighted by Gasteiger charge is 2.12. The number of carbonyl (C=O) groups is 1. The summed E-state index contributed by atoms with van der Waals surface area (Å²) in [5.41, 5.74) is 4.96. The highest BCUT2D eigenvalue weighted by Crippen LogP contribution is 2.15. The molecule has 3 aromatic rings. The predicted molar refractivity (Wildman–Crippen MR) is 93.5 cm³/mol. The summed E-state index contributed by atoms with van der Waals surface area (Å²) < 4.78 is 3.11. The maximum Gasteiger partial charge on any atom is 0.274 e. The minimum absolute atomic E-state index is 0.119. The van der Waals surface area contributed by atoms with Crippen LogP contribution in [0.4, 0.5) is 5.69 Å². The summed E-state index contributed by atoms with van der Waals surface area (Å²) in [5, 5.41) is 7.08. The van der Waals surface area contributed by atoms with Gasteiger partial charge in [-0.2, -0.15) is 9.61 Å². The fraction of sp³-hybridized carbons (Fsp3) is 0.278. The van der Waals surface area contributed by atoms with E-state index in [4.69, 9.17) is 0 Å². The second-order valence-electron chi connectivity index (χ2n) is 6.11. The van der Waals surface area contributed by atoms with E-state index in [2.05, 4.69) is 10.4 Å². The number of rotatable bonds is 3. The lowest BCUT2D eigenvalue weighted by Gasteiger charge is -2.13. The zero-order valence-corrected chi connectivity index (χ0v) is 14.3. The molecule has 1 aromatic carbocycles. The Kier molecular flexibility index (Phi) is 3.97. The average Bonchev–Trinajstić information content (AvgIpc) is 2.89. The number of carbonyl (C=O) groups excluding carboxylic acids is 1. The summed E-state index contributed by atoms with van der Waals surface area (Å²) in [6.07, 6.45) is 0. The standard InChI is InChI=1S/C18H20N4O2/c1-11-5-6-15(7-12(11)2)19-16(23)10-21-14(4)9-18(24)22-17(21)8-13(3)20-22/h5-9H,10H2,1-4H3,(H,19,23). The SMILES string of the molecule is Cc1cc2n(CC(=O)Nc3ccc(C)c(C)c3)c(C)cc(=O)n2n1. The Hall–Kier alpha value is -2.89. The van der Waals surface area contributed by atoms with E-state index in [0.717, 1.165) is 22.6 Å². The van der Waals surface area contributed by atoms with Gasteiger partial charge >= 0.3 is 0 Å². The number of nitrogens with zero attached hydrogens (tertiary/aromatic N) is 3. The van der Waals surface area contributed by atoms with Gasteiger partial charge in [-0.1, -0.05) is 6.07 Å². The molecule has 0 aliphatic rings. The highest BCUT2D eigenvalue weighted by molar-refractivity contribution is 5.91. The molecular weight excluding hydrogens is 304 g/mol. The molecule has 0 aliphatic heterocycles. The normalized spacial score (nSPS) is 11.0. The van der Waals surface area contributed by atoms with Crippen molar-refractivity contribution in [3.63, 3.8) is 0 Å². The second-order valence-corrected chi connectivity index (χ2v) is 6.11. The van der Waals surface area contributed by atoms with Crippen molar-refractivity contribution in [2.75, 3.05) is 5.32 Å². The number of aromatic nitrogens is 3. The third-order valence-electron chi connectivity index (χ3n) is 4.15. The van der Waals surface area contributed by atoms with Gasteiger partial charge in [0.15, 0.2) is 0 Å². The van der Waals surface area contributed by atoms with Gasteiger partial charge in [0.1, 0.15) is 12.2 Å². The van der Waals surface area contributed by atoms with Gasteiger partial charge in [-0.05, 0) is 51.0 Å². The Labute approximate surface area is 139 Å². The van der Waals surface area contributed by atoms with Crippen molar-refractivity contribution >= 4 is 17.2 Å². The molecule has 0 atom stereocenters. The molecule has 0 unspecified atom stereocenters. The molecule has 0 radical (unpaired) electrons. The van der Waals surface area contributed by atoms with Crippen LogP contribution in [-0.2, 0) is 11.3 Å². The number of hydrogen-bond donors (Lipinski definition) is 1. The van der Waals surface area contributed by atoms with Crippen LogP contribution < -0.4 is 10.9 Å². The van der Waals surface area contributed by atoms with Crippen molar-refractivity contribution in [3.05, 3.63) is 63.2 Å². The third kappa shape index (κ3) is 2.95. The maximum atomic E-state index is 12.4. The zero-order valence-electron chi connectivity index (χ0n) is 14.3. The van der Waals surface area contributed by atoms with Crippen LogP contribution in [-0.4, -0.2) is 20.1 Å². The number of aryl methyl sites for hydroxylation is 4. The Morgan fingerprint density at radius 2 is 1.83 bits per heavy atom. The summed E-state index contributed by atoms with van der Waals surface area (Å²) in [7, 11) is 0. The lowest BCUT2D eigenvalue weighted by Crippen LogP contribution is -2.25. The molecular formula is C18H20N4O2. The van der Waals surface area contributed by atoms with E-state index in [1.165, 1.54) is 16.1 Å². The molecule has 2 aromatic heterocycles. The van der Waals surface area contributed by atoms with Gasteiger partial charge in [0.2, 0.25) is 5.91 Å². The van der Waals surface area contributed by atoms with Crippen molar-refractivity contribution < 1.29 is 4.79 Å². The number of amides is 1. The van der Waals surface area contributed by atoms with Crippen LogP contribution in [0.3, 0.4) is 0 Å². The van der Waals surface area contributed by atoms with Gasteiger partial charge in [0.05, 0.1) is 5.69 Å². The summed E-state index contributed by atoms with van der Waals surface area (Å²) in [6, 6.07) is 9.11. The van der Waals surface area contributed by atoms with Crippen LogP contribution in [0.1, 0.15) is 22.5 Å². The molecule has 0 saturated heterocycles. The summed E-state index contributed by atoms with van der Waals surface area (Å²) in [6.45, 7) is 7.79. The molecule has 24 heavy (non-hydrogen) atoms. The van der Waals surface area contributed by atoms with Crippen molar-refractivity contribution in [2.45, 2.75) is 34.2 Å². The van der Waals surface area contributed by atoms with Gasteiger partial charge in [-0.25, -0.2) is 0 Å². The first-order valence-electron chi connectivity index (χ1n) is 7.79. The van der Waals surface area contributed by atoms with Crippen LogP contribution in [0, 0.1) is 27.7 Å². The van der Waals surface area contributed by atoms with E-state index < -0.39 is 0 Å². The molecule has 0 spiro atoms. The van der Waals surface area contributed by atoms with E-state index in [1.54, 1.807) is 10.6 Å². The summed E-state index contributed by atoms with van der Waals surface area (Å²) in [5.74, 6) is -0.147. The van der Waals surface area contributed by atoms with E-state index in [9.17, 15) is 9.59 Å². The molecule has 6 heteroatoms. The Morgan fingerprint density at radius 1 is 1.08 bits per heavy atom. The van der Waals surface area contributed by atoms with E-state index in [-0.39, 0.29) is 18.0 Å². The molecule has 0 fully saturated rings. The first kappa shape index (κ1) is 16.0. The molecule has 1 N–H and O–H groups in total. The van der Waals surface area contributed by atoms with Gasteiger partial charge in [0.25, 0.3) is 5.56 Å². The molecule has 6 nitrogen and oxygen atoms in total. The molecule has 0 saturated carbocycles. The summed E-state index contributed by atoms with van der Waals surface area (Å²) in [4.78, 5) is 24.4. The topological polar surface area (TPSA) is 68.4 Å². The number of anilines is 1. The van der Waals surface area contributed by atoms with Crippen LogP contribution in [0.25, 0.3) is 5.65 Å². The van der Waals surface area contributed by atoms with Crippen LogP contribution >= 0.6 is 0 Å². The second kappa shape index (κ2) is 5.96. The molecule has 0 bridgehead atoms. The van der Waals surface area contributed by atoms with Crippen molar-refractivity contribution in [3.8, 4) is 0 Å². The Morgan fingerprint density at radius 3 is 2.54 bits per heavy atom. The zero-order chi connectivity index (χ0) is 17.4. The maximum absolute atomic E-state index is 12.4. The number of fused-ring (bicyclic) bond motifs is 1. The van der Waals surface area contributed by atoms with Gasteiger partial charge in [0, 0.05) is 23.5 Å². The number of benzene rings is 1. The Balaban J connectivity index is 1.90. The van der Waals surface area contributed by atoms with Crippen LogP contribution in [0.15, 0.2) is 35.1 Å². The van der Waals surface area contributed by atoms with Crippen molar-refractivity contribution in [1.29, 1.82) is 0 Å². The highest BCUT2D eigenvalue weighted by atomic mass is 16.2. The average molecular weight is 324 g/mol. The van der Waals surface area contributed by atoms with Crippen molar-refractivity contribution in [2.24, 2.45) is 0 Å². The third-order valence-corrected chi connectivity index (χ3v) is 4.15. The van der Waals surface area contributed by atoms with Crippen LogP contribution in [0.5, 0.6) is 0 Å². The first-order valence-corrected chi connectivity index (χ1v) is 7.79. The first-order chi connectivity index (χ1) is 11.3. The fourth-order valence-corrected chi connectivity index (χ4v) is 2.71. The molecule has 3 rings (SSSR count). The van der Waals surface area contributed by atoms with Crippen LogP contribution in [0.2, 0.25) is 0 Å². The molecule has 0 aliphatic carbocycles. The van der Waals surface area contributed by atoms with Gasteiger partial charge < -0.3 is 9.88 Å². The van der Waals surface area contributed by atoms with E-state index in [0.29, 0.717) is 5.65 Å². The minimum atomic E-state index is -0.193. The minimum Gasteiger partial charge on any atom is -0.325 e. The lowest BCUT2D eigenvalue weighted by atomic mass is 10.1. The fourth-order valence-electron chi connectivity index (χ4n) is 2.71. The number of hydrogen-bond acceptors (Lipinski definition) is 3. The number of nitrogens with one attached hydrogen (secondary N) is 1. The van der Waals surface area contributed by atoms with E-state index in [1.807, 2.05) is 45.9 Å².